The SMILES string of the molecule is COc1cc2c(cc1OCc1ccc(S(=O)(=O)C(F)F)cc1)CCN1C[C@@H](CC(C)(C)C)CC[C@H]21. The molecule has 2 aliphatic heterocycles. The van der Waals surface area contributed by atoms with Gasteiger partial charge in [-0.3, -0.25) is 4.90 Å². The van der Waals surface area contributed by atoms with Crippen LogP contribution in [0.3, 0.4) is 0 Å². The van der Waals surface area contributed by atoms with Crippen LogP contribution in [0.5, 0.6) is 11.5 Å². The summed E-state index contributed by atoms with van der Waals surface area (Å²) in [6.07, 6.45) is 4.57. The van der Waals surface area contributed by atoms with E-state index in [1.807, 2.05) is 0 Å². The number of fused-ring (bicyclic) bond motifs is 3. The zero-order chi connectivity index (χ0) is 25.4. The van der Waals surface area contributed by atoms with Crippen LogP contribution in [0, 0.1) is 11.3 Å². The lowest BCUT2D eigenvalue weighted by molar-refractivity contribution is 0.0793. The topological polar surface area (TPSA) is 55.8 Å². The van der Waals surface area contributed by atoms with Crippen molar-refractivity contribution in [3.63, 3.8) is 0 Å². The summed E-state index contributed by atoms with van der Waals surface area (Å²) in [5.41, 5.74) is 3.62. The van der Waals surface area contributed by atoms with Crippen molar-refractivity contribution >= 4 is 9.84 Å². The van der Waals surface area contributed by atoms with Gasteiger partial charge in [0.05, 0.1) is 12.0 Å². The van der Waals surface area contributed by atoms with Gasteiger partial charge in [0.1, 0.15) is 6.61 Å². The summed E-state index contributed by atoms with van der Waals surface area (Å²) in [4.78, 5) is 2.22. The molecule has 0 N–H and O–H groups in total. The molecule has 0 aliphatic carbocycles. The maximum Gasteiger partial charge on any atom is 0.341 e. The Morgan fingerprint density at radius 1 is 1.09 bits per heavy atom. The molecule has 4 rings (SSSR count). The molecule has 0 spiro atoms. The Morgan fingerprint density at radius 3 is 2.43 bits per heavy atom. The van der Waals surface area contributed by atoms with E-state index in [0.717, 1.165) is 31.8 Å². The van der Waals surface area contributed by atoms with Crippen molar-refractivity contribution in [2.45, 2.75) is 69.8 Å². The number of hydrogen-bond donors (Lipinski definition) is 0. The van der Waals surface area contributed by atoms with E-state index in [0.29, 0.717) is 28.5 Å². The summed E-state index contributed by atoms with van der Waals surface area (Å²) in [5, 5.41) is 0. The molecule has 2 aromatic rings. The van der Waals surface area contributed by atoms with Gasteiger partial charge in [0.15, 0.2) is 11.5 Å². The lowest BCUT2D eigenvalue weighted by Gasteiger charge is -2.45. The van der Waals surface area contributed by atoms with Gasteiger partial charge in [-0.05, 0) is 78.0 Å². The van der Waals surface area contributed by atoms with Crippen LogP contribution in [0.15, 0.2) is 41.3 Å². The van der Waals surface area contributed by atoms with E-state index in [2.05, 4.69) is 37.8 Å². The van der Waals surface area contributed by atoms with Crippen molar-refractivity contribution in [2.75, 3.05) is 20.2 Å². The van der Waals surface area contributed by atoms with Crippen molar-refractivity contribution < 1.29 is 26.7 Å². The number of halogens is 2. The molecular weight excluding hydrogens is 472 g/mol. The first-order valence-electron chi connectivity index (χ1n) is 12.2. The molecule has 0 aromatic heterocycles. The largest absolute Gasteiger partial charge is 0.493 e. The molecular formula is C27H35F2NO4S. The molecule has 5 nitrogen and oxygen atoms in total. The molecule has 2 aromatic carbocycles. The third-order valence-electron chi connectivity index (χ3n) is 7.02. The molecule has 35 heavy (non-hydrogen) atoms. The number of nitrogens with zero attached hydrogens (tertiary/aromatic N) is 1. The third-order valence-corrected chi connectivity index (χ3v) is 8.41. The zero-order valence-electron chi connectivity index (χ0n) is 20.9. The average molecular weight is 508 g/mol. The zero-order valence-corrected chi connectivity index (χ0v) is 21.7. The van der Waals surface area contributed by atoms with Gasteiger partial charge in [0, 0.05) is 19.1 Å². The summed E-state index contributed by atoms with van der Waals surface area (Å²) in [6.45, 7) is 9.29. The number of piperidine rings is 1. The van der Waals surface area contributed by atoms with Gasteiger partial charge in [0.25, 0.3) is 0 Å². The smallest absolute Gasteiger partial charge is 0.341 e. The van der Waals surface area contributed by atoms with Crippen LogP contribution in [0.25, 0.3) is 0 Å². The van der Waals surface area contributed by atoms with Gasteiger partial charge in [-0.2, -0.15) is 8.78 Å². The molecule has 8 heteroatoms. The highest BCUT2D eigenvalue weighted by molar-refractivity contribution is 7.91. The fraction of sp³-hybridized carbons (Fsp3) is 0.556. The first kappa shape index (κ1) is 25.9. The number of rotatable bonds is 7. The molecule has 192 valence electrons. The van der Waals surface area contributed by atoms with Gasteiger partial charge in [0.2, 0.25) is 9.84 Å². The van der Waals surface area contributed by atoms with E-state index >= 15 is 0 Å². The number of ether oxygens (including phenoxy) is 2. The van der Waals surface area contributed by atoms with Crippen LogP contribution in [-0.4, -0.2) is 39.3 Å². The lowest BCUT2D eigenvalue weighted by Crippen LogP contribution is -2.43. The predicted molar refractivity (Wildman–Crippen MR) is 132 cm³/mol. The van der Waals surface area contributed by atoms with E-state index in [1.54, 1.807) is 7.11 Å². The monoisotopic (exact) mass is 507 g/mol. The molecule has 0 radical (unpaired) electrons. The van der Waals surface area contributed by atoms with Crippen LogP contribution >= 0.6 is 0 Å². The summed E-state index contributed by atoms with van der Waals surface area (Å²) < 4.78 is 60.4. The standard InChI is InChI=1S/C27H35F2NO4S/c1-27(2,3)15-19-7-10-23-22-14-24(33-4)25(13-20(22)11-12-30(23)16-19)34-17-18-5-8-21(9-6-18)35(31,32)26(28)29/h5-6,8-9,13-14,19,23,26H,7,10-12,15-17H2,1-4H3/t19-,23-/m1/s1. The molecule has 1 fully saturated rings. The molecule has 2 heterocycles. The quantitative estimate of drug-likeness (QED) is 0.459. The normalized spacial score (nSPS) is 20.9. The average Bonchev–Trinajstić information content (AvgIpc) is 2.81. The fourth-order valence-corrected chi connectivity index (χ4v) is 6.20. The molecule has 2 atom stereocenters. The summed E-state index contributed by atoms with van der Waals surface area (Å²) in [7, 11) is -2.98. The maximum absolute atomic E-state index is 12.7. The summed E-state index contributed by atoms with van der Waals surface area (Å²) >= 11 is 0. The minimum Gasteiger partial charge on any atom is -0.493 e. The Balaban J connectivity index is 1.46. The number of sulfone groups is 1. The van der Waals surface area contributed by atoms with Crippen LogP contribution in [0.2, 0.25) is 0 Å². The first-order chi connectivity index (χ1) is 16.5. The Morgan fingerprint density at radius 2 is 1.80 bits per heavy atom. The minimum atomic E-state index is -4.60. The second-order valence-electron chi connectivity index (χ2n) is 10.9. The third kappa shape index (κ3) is 5.80. The van der Waals surface area contributed by atoms with E-state index in [-0.39, 0.29) is 6.61 Å². The van der Waals surface area contributed by atoms with E-state index in [1.165, 1.54) is 48.2 Å². The van der Waals surface area contributed by atoms with Crippen molar-refractivity contribution in [1.82, 2.24) is 4.90 Å². The second-order valence-corrected chi connectivity index (χ2v) is 12.8. The number of hydrogen-bond acceptors (Lipinski definition) is 5. The van der Waals surface area contributed by atoms with Gasteiger partial charge < -0.3 is 9.47 Å². The van der Waals surface area contributed by atoms with E-state index in [4.69, 9.17) is 9.47 Å². The number of alkyl halides is 2. The second kappa shape index (κ2) is 10.1. The van der Waals surface area contributed by atoms with Crippen molar-refractivity contribution in [2.24, 2.45) is 11.3 Å². The van der Waals surface area contributed by atoms with Crippen LogP contribution in [0.1, 0.15) is 62.8 Å². The van der Waals surface area contributed by atoms with E-state index in [9.17, 15) is 17.2 Å². The molecule has 0 amide bonds. The van der Waals surface area contributed by atoms with Crippen molar-refractivity contribution in [1.29, 1.82) is 0 Å². The molecule has 0 bridgehead atoms. The van der Waals surface area contributed by atoms with E-state index < -0.39 is 20.5 Å². The highest BCUT2D eigenvalue weighted by Gasteiger charge is 2.35. The van der Waals surface area contributed by atoms with Gasteiger partial charge in [-0.1, -0.05) is 32.9 Å². The Labute approximate surface area is 207 Å². The molecule has 2 aliphatic rings. The highest BCUT2D eigenvalue weighted by atomic mass is 32.2. The summed E-state index contributed by atoms with van der Waals surface area (Å²) in [6, 6.07) is 9.93. The Kier molecular flexibility index (Phi) is 7.44. The van der Waals surface area contributed by atoms with Gasteiger partial charge in [-0.25, -0.2) is 8.42 Å². The Hall–Kier alpha value is -2.19. The number of benzene rings is 2. The highest BCUT2D eigenvalue weighted by Crippen LogP contribution is 2.44. The molecule has 1 saturated heterocycles. The number of methoxy groups -OCH3 is 1. The Bertz CT molecular complexity index is 1140. The van der Waals surface area contributed by atoms with Crippen molar-refractivity contribution in [3.05, 3.63) is 53.1 Å². The maximum atomic E-state index is 12.7. The van der Waals surface area contributed by atoms with Gasteiger partial charge in [-0.15, -0.1) is 0 Å². The predicted octanol–water partition coefficient (Wildman–Crippen LogP) is 6.02. The lowest BCUT2D eigenvalue weighted by atomic mass is 9.77. The van der Waals surface area contributed by atoms with Crippen LogP contribution < -0.4 is 9.47 Å². The minimum absolute atomic E-state index is 0.175. The first-order valence-corrected chi connectivity index (χ1v) is 13.7. The fourth-order valence-electron chi connectivity index (χ4n) is 5.48. The van der Waals surface area contributed by atoms with Crippen LogP contribution in [-0.2, 0) is 22.9 Å². The van der Waals surface area contributed by atoms with Crippen molar-refractivity contribution in [3.8, 4) is 11.5 Å². The van der Waals surface area contributed by atoms with Crippen LogP contribution in [0.4, 0.5) is 8.78 Å². The molecule has 0 saturated carbocycles. The van der Waals surface area contributed by atoms with Gasteiger partial charge >= 0.3 is 5.76 Å². The summed E-state index contributed by atoms with van der Waals surface area (Å²) in [5.74, 6) is -1.40. The molecule has 0 unspecified atom stereocenters.